The van der Waals surface area contributed by atoms with Gasteiger partial charge in [0, 0.05) is 13.1 Å². The molecule has 0 bridgehead atoms. The Morgan fingerprint density at radius 3 is 2.82 bits per heavy atom. The lowest BCUT2D eigenvalue weighted by Gasteiger charge is -2.32. The summed E-state index contributed by atoms with van der Waals surface area (Å²) in [6.07, 6.45) is 1.96. The van der Waals surface area contributed by atoms with Crippen molar-refractivity contribution in [2.75, 3.05) is 26.7 Å². The van der Waals surface area contributed by atoms with Crippen LogP contribution in [0.25, 0.3) is 0 Å². The van der Waals surface area contributed by atoms with Gasteiger partial charge in [0.05, 0.1) is 19.2 Å². The van der Waals surface area contributed by atoms with Crippen molar-refractivity contribution >= 4 is 5.91 Å². The molecule has 1 amide bonds. The van der Waals surface area contributed by atoms with E-state index in [9.17, 15) is 9.90 Å². The molecule has 0 aromatic rings. The van der Waals surface area contributed by atoms with Crippen LogP contribution in [-0.4, -0.2) is 59.1 Å². The Hall–Kier alpha value is -1.12. The topological polar surface area (TPSA) is 67.6 Å². The maximum atomic E-state index is 12.0. The second kappa shape index (κ2) is 5.48. The molecule has 1 aliphatic heterocycles. The fourth-order valence-electron chi connectivity index (χ4n) is 1.98. The molecule has 17 heavy (non-hydrogen) atoms. The SMILES string of the molecule is CN(C(=O)CN1CCCC1CO)C(C)(C)C#N. The van der Waals surface area contributed by atoms with E-state index in [1.165, 1.54) is 4.90 Å². The lowest BCUT2D eigenvalue weighted by atomic mass is 10.1. The summed E-state index contributed by atoms with van der Waals surface area (Å²) in [6.45, 7) is 4.67. The minimum atomic E-state index is -0.786. The zero-order valence-electron chi connectivity index (χ0n) is 10.8. The van der Waals surface area contributed by atoms with Gasteiger partial charge in [-0.3, -0.25) is 9.69 Å². The van der Waals surface area contributed by atoms with Crippen LogP contribution in [0.2, 0.25) is 0 Å². The molecule has 1 fully saturated rings. The van der Waals surface area contributed by atoms with Crippen molar-refractivity contribution in [1.29, 1.82) is 5.26 Å². The minimum Gasteiger partial charge on any atom is -0.395 e. The van der Waals surface area contributed by atoms with Crippen LogP contribution < -0.4 is 0 Å². The van der Waals surface area contributed by atoms with Gasteiger partial charge in [0.15, 0.2) is 0 Å². The van der Waals surface area contributed by atoms with Crippen molar-refractivity contribution in [3.05, 3.63) is 0 Å². The Morgan fingerprint density at radius 1 is 1.65 bits per heavy atom. The number of aliphatic hydroxyl groups excluding tert-OH is 1. The maximum absolute atomic E-state index is 12.0. The first kappa shape index (κ1) is 13.9. The standard InChI is InChI=1S/C12H21N3O2/c1-12(2,9-13)14(3)11(17)7-15-6-4-5-10(15)8-16/h10,16H,4-8H2,1-3H3. The largest absolute Gasteiger partial charge is 0.395 e. The highest BCUT2D eigenvalue weighted by Crippen LogP contribution is 2.18. The molecular formula is C12H21N3O2. The number of hydrogen-bond donors (Lipinski definition) is 1. The Morgan fingerprint density at radius 2 is 2.29 bits per heavy atom. The van der Waals surface area contributed by atoms with Gasteiger partial charge >= 0.3 is 0 Å². The van der Waals surface area contributed by atoms with Crippen LogP contribution in [0.15, 0.2) is 0 Å². The summed E-state index contributed by atoms with van der Waals surface area (Å²) in [4.78, 5) is 15.5. The first-order chi connectivity index (χ1) is 7.92. The Labute approximate surface area is 103 Å². The molecule has 1 heterocycles. The third-order valence-electron chi connectivity index (χ3n) is 3.53. The van der Waals surface area contributed by atoms with Gasteiger partial charge in [-0.2, -0.15) is 5.26 Å². The molecule has 0 spiro atoms. The molecule has 5 nitrogen and oxygen atoms in total. The number of hydrogen-bond acceptors (Lipinski definition) is 4. The summed E-state index contributed by atoms with van der Waals surface area (Å²) < 4.78 is 0. The molecule has 0 aromatic carbocycles. The number of nitrogens with zero attached hydrogens (tertiary/aromatic N) is 3. The zero-order chi connectivity index (χ0) is 13.1. The van der Waals surface area contributed by atoms with E-state index in [-0.39, 0.29) is 25.1 Å². The number of likely N-dealkylation sites (N-methyl/N-ethyl adjacent to an activating group) is 1. The molecule has 1 rings (SSSR count). The average molecular weight is 239 g/mol. The molecule has 0 aromatic heterocycles. The first-order valence-electron chi connectivity index (χ1n) is 5.95. The minimum absolute atomic E-state index is 0.0723. The van der Waals surface area contributed by atoms with Crippen LogP contribution in [0.1, 0.15) is 26.7 Å². The lowest BCUT2D eigenvalue weighted by Crippen LogP contribution is -2.49. The molecule has 1 N–H and O–H groups in total. The van der Waals surface area contributed by atoms with Gasteiger partial charge in [-0.15, -0.1) is 0 Å². The third kappa shape index (κ3) is 3.18. The quantitative estimate of drug-likeness (QED) is 0.761. The number of aliphatic hydroxyl groups is 1. The van der Waals surface area contributed by atoms with Crippen molar-refractivity contribution < 1.29 is 9.90 Å². The summed E-state index contributed by atoms with van der Waals surface area (Å²) in [7, 11) is 1.65. The van der Waals surface area contributed by atoms with Crippen molar-refractivity contribution in [2.24, 2.45) is 0 Å². The smallest absolute Gasteiger partial charge is 0.237 e. The van der Waals surface area contributed by atoms with E-state index < -0.39 is 5.54 Å². The van der Waals surface area contributed by atoms with E-state index in [1.807, 2.05) is 4.90 Å². The van der Waals surface area contributed by atoms with Gasteiger partial charge < -0.3 is 10.0 Å². The summed E-state index contributed by atoms with van der Waals surface area (Å²) in [6, 6.07) is 2.20. The zero-order valence-corrected chi connectivity index (χ0v) is 10.8. The van der Waals surface area contributed by atoms with Crippen molar-refractivity contribution in [2.45, 2.75) is 38.3 Å². The second-order valence-electron chi connectivity index (χ2n) is 5.07. The Kier molecular flexibility index (Phi) is 4.49. The van der Waals surface area contributed by atoms with E-state index in [2.05, 4.69) is 6.07 Å². The second-order valence-corrected chi connectivity index (χ2v) is 5.07. The number of rotatable bonds is 4. The molecule has 0 saturated carbocycles. The van der Waals surface area contributed by atoms with Crippen molar-refractivity contribution in [3.63, 3.8) is 0 Å². The van der Waals surface area contributed by atoms with Crippen LogP contribution in [0.4, 0.5) is 0 Å². The van der Waals surface area contributed by atoms with Crippen LogP contribution in [0, 0.1) is 11.3 Å². The number of amides is 1. The Bertz CT molecular complexity index is 322. The van der Waals surface area contributed by atoms with E-state index in [4.69, 9.17) is 5.26 Å². The van der Waals surface area contributed by atoms with Crippen LogP contribution >= 0.6 is 0 Å². The molecular weight excluding hydrogens is 218 g/mol. The van der Waals surface area contributed by atoms with Crippen LogP contribution in [-0.2, 0) is 4.79 Å². The summed E-state index contributed by atoms with van der Waals surface area (Å²) in [5.41, 5.74) is -0.786. The third-order valence-corrected chi connectivity index (χ3v) is 3.53. The van der Waals surface area contributed by atoms with Gasteiger partial charge in [0.25, 0.3) is 0 Å². The van der Waals surface area contributed by atoms with Gasteiger partial charge in [-0.05, 0) is 33.2 Å². The highest BCUT2D eigenvalue weighted by molar-refractivity contribution is 5.79. The Balaban J connectivity index is 2.58. The normalized spacial score (nSPS) is 21.2. The molecule has 0 aliphatic carbocycles. The highest BCUT2D eigenvalue weighted by Gasteiger charge is 2.31. The fourth-order valence-corrected chi connectivity index (χ4v) is 1.98. The summed E-state index contributed by atoms with van der Waals surface area (Å²) >= 11 is 0. The molecule has 5 heteroatoms. The molecule has 1 unspecified atom stereocenters. The lowest BCUT2D eigenvalue weighted by molar-refractivity contribution is -0.134. The van der Waals surface area contributed by atoms with Crippen LogP contribution in [0.5, 0.6) is 0 Å². The van der Waals surface area contributed by atoms with Gasteiger partial charge in [-0.25, -0.2) is 0 Å². The fraction of sp³-hybridized carbons (Fsp3) is 0.833. The number of likely N-dealkylation sites (tertiary alicyclic amines) is 1. The average Bonchev–Trinajstić information content (AvgIpc) is 2.75. The van der Waals surface area contributed by atoms with E-state index >= 15 is 0 Å². The monoisotopic (exact) mass is 239 g/mol. The highest BCUT2D eigenvalue weighted by atomic mass is 16.3. The van der Waals surface area contributed by atoms with E-state index in [0.717, 1.165) is 19.4 Å². The molecule has 96 valence electrons. The number of carbonyl (C=O) groups is 1. The number of carbonyl (C=O) groups excluding carboxylic acids is 1. The van der Waals surface area contributed by atoms with Crippen molar-refractivity contribution in [1.82, 2.24) is 9.80 Å². The van der Waals surface area contributed by atoms with Gasteiger partial charge in [0.2, 0.25) is 5.91 Å². The molecule has 0 radical (unpaired) electrons. The molecule has 1 atom stereocenters. The summed E-state index contributed by atoms with van der Waals surface area (Å²) in [5.74, 6) is -0.0723. The first-order valence-corrected chi connectivity index (χ1v) is 5.95. The predicted octanol–water partition coefficient (Wildman–Crippen LogP) is 0.204. The van der Waals surface area contributed by atoms with Crippen LogP contribution in [0.3, 0.4) is 0 Å². The van der Waals surface area contributed by atoms with E-state index in [0.29, 0.717) is 0 Å². The van der Waals surface area contributed by atoms with Gasteiger partial charge in [-0.1, -0.05) is 0 Å². The van der Waals surface area contributed by atoms with Crippen molar-refractivity contribution in [3.8, 4) is 6.07 Å². The number of nitriles is 1. The van der Waals surface area contributed by atoms with E-state index in [1.54, 1.807) is 20.9 Å². The molecule has 1 aliphatic rings. The predicted molar refractivity (Wildman–Crippen MR) is 64.1 cm³/mol. The van der Waals surface area contributed by atoms with Gasteiger partial charge in [0.1, 0.15) is 5.54 Å². The maximum Gasteiger partial charge on any atom is 0.237 e. The molecule has 1 saturated heterocycles. The summed E-state index contributed by atoms with van der Waals surface area (Å²) in [5, 5.41) is 18.1.